The van der Waals surface area contributed by atoms with Crippen molar-refractivity contribution in [1.82, 2.24) is 0 Å². The van der Waals surface area contributed by atoms with Gasteiger partial charge in [0.25, 0.3) is 0 Å². The molecular formula is C5H6F4O4. The van der Waals surface area contributed by atoms with Gasteiger partial charge in [-0.25, -0.2) is 4.79 Å². The Morgan fingerprint density at radius 3 is 1.85 bits per heavy atom. The molecule has 0 rings (SSSR count). The van der Waals surface area contributed by atoms with E-state index in [9.17, 15) is 22.4 Å². The van der Waals surface area contributed by atoms with Crippen LogP contribution in [0.3, 0.4) is 0 Å². The van der Waals surface area contributed by atoms with Crippen molar-refractivity contribution in [3.63, 3.8) is 0 Å². The van der Waals surface area contributed by atoms with E-state index >= 15 is 0 Å². The molecule has 0 bridgehead atoms. The summed E-state index contributed by atoms with van der Waals surface area (Å²) in [7, 11) is 1.13. The molecule has 13 heavy (non-hydrogen) atoms. The highest BCUT2D eigenvalue weighted by atomic mass is 19.4. The number of carbonyl (C=O) groups is 1. The van der Waals surface area contributed by atoms with Crippen LogP contribution in [0.2, 0.25) is 0 Å². The van der Waals surface area contributed by atoms with E-state index in [1.54, 1.807) is 0 Å². The molecule has 1 atom stereocenters. The van der Waals surface area contributed by atoms with E-state index in [0.29, 0.717) is 7.11 Å². The van der Waals surface area contributed by atoms with E-state index in [1.165, 1.54) is 0 Å². The van der Waals surface area contributed by atoms with Crippen LogP contribution < -0.4 is 0 Å². The van der Waals surface area contributed by atoms with Crippen LogP contribution >= 0.6 is 0 Å². The van der Waals surface area contributed by atoms with Crippen molar-refractivity contribution in [2.45, 2.75) is 12.0 Å². The van der Waals surface area contributed by atoms with E-state index in [1.807, 2.05) is 0 Å². The van der Waals surface area contributed by atoms with Crippen molar-refractivity contribution in [3.8, 4) is 0 Å². The van der Waals surface area contributed by atoms with Gasteiger partial charge in [-0.2, -0.15) is 22.4 Å². The molecule has 0 aromatic rings. The second-order valence-electron chi connectivity index (χ2n) is 1.83. The Labute approximate surface area is 70.3 Å². The first-order chi connectivity index (χ1) is 5.79. The second-order valence-corrected chi connectivity index (χ2v) is 1.83. The zero-order valence-electron chi connectivity index (χ0n) is 6.64. The van der Waals surface area contributed by atoms with Gasteiger partial charge in [0, 0.05) is 7.11 Å². The lowest BCUT2D eigenvalue weighted by atomic mass is 10.3. The van der Waals surface area contributed by atoms with Crippen LogP contribution in [0, 0.1) is 0 Å². The van der Waals surface area contributed by atoms with Crippen molar-refractivity contribution >= 4 is 5.97 Å². The molecule has 0 fully saturated rings. The highest BCUT2D eigenvalue weighted by Crippen LogP contribution is 2.35. The minimum Gasteiger partial charge on any atom is -0.333 e. The zero-order valence-corrected chi connectivity index (χ0v) is 6.64. The maximum Gasteiger partial charge on any atom is 0.460 e. The number of ether oxygens (including phenoxy) is 1. The van der Waals surface area contributed by atoms with E-state index in [4.69, 9.17) is 0 Å². The van der Waals surface area contributed by atoms with Crippen molar-refractivity contribution in [2.75, 3.05) is 14.2 Å². The Morgan fingerprint density at radius 2 is 1.62 bits per heavy atom. The standard InChI is InChI=1S/C5H6F4O4/c1-11-4(6,5(7,8)9)3(10)13-12-2/h1-2H3. The summed E-state index contributed by atoms with van der Waals surface area (Å²) in [5, 5.41) is 0. The van der Waals surface area contributed by atoms with Gasteiger partial charge in [0.1, 0.15) is 0 Å². The third kappa shape index (κ3) is 2.28. The molecule has 0 amide bonds. The lowest BCUT2D eigenvalue weighted by Gasteiger charge is -2.22. The summed E-state index contributed by atoms with van der Waals surface area (Å²) >= 11 is 0. The number of carbonyl (C=O) groups excluding carboxylic acids is 1. The van der Waals surface area contributed by atoms with Crippen molar-refractivity contribution in [1.29, 1.82) is 0 Å². The van der Waals surface area contributed by atoms with E-state index in [0.717, 1.165) is 7.11 Å². The van der Waals surface area contributed by atoms with Gasteiger partial charge >= 0.3 is 18.0 Å². The molecule has 8 heteroatoms. The Bertz CT molecular complexity index is 191. The van der Waals surface area contributed by atoms with Gasteiger partial charge in [-0.15, -0.1) is 0 Å². The van der Waals surface area contributed by atoms with Gasteiger partial charge in [-0.3, -0.25) is 4.89 Å². The SMILES string of the molecule is COOC(=O)C(F)(OC)C(F)(F)F. The Morgan fingerprint density at radius 1 is 1.15 bits per heavy atom. The molecule has 0 aliphatic heterocycles. The van der Waals surface area contributed by atoms with Crippen molar-refractivity contribution in [2.24, 2.45) is 0 Å². The molecular weight excluding hydrogens is 200 g/mol. The summed E-state index contributed by atoms with van der Waals surface area (Å²) in [4.78, 5) is 17.3. The van der Waals surface area contributed by atoms with Crippen LogP contribution in [0.15, 0.2) is 0 Å². The van der Waals surface area contributed by atoms with Crippen LogP contribution in [0.1, 0.15) is 0 Å². The van der Waals surface area contributed by atoms with Gasteiger partial charge < -0.3 is 4.74 Å². The van der Waals surface area contributed by atoms with Crippen molar-refractivity contribution in [3.05, 3.63) is 0 Å². The summed E-state index contributed by atoms with van der Waals surface area (Å²) in [6, 6.07) is 0. The molecule has 0 aromatic carbocycles. The molecule has 4 nitrogen and oxygen atoms in total. The average Bonchev–Trinajstić information content (AvgIpc) is 2.01. The quantitative estimate of drug-likeness (QED) is 0.392. The summed E-state index contributed by atoms with van der Waals surface area (Å²) in [5.41, 5.74) is 0. The first kappa shape index (κ1) is 12.1. The van der Waals surface area contributed by atoms with Crippen molar-refractivity contribution < 1.29 is 36.9 Å². The molecule has 0 aliphatic rings. The average molecular weight is 206 g/mol. The van der Waals surface area contributed by atoms with Gasteiger partial charge in [0.15, 0.2) is 0 Å². The first-order valence-electron chi connectivity index (χ1n) is 2.85. The molecule has 0 N–H and O–H groups in total. The van der Waals surface area contributed by atoms with Gasteiger partial charge in [-0.05, 0) is 0 Å². The molecule has 0 spiro atoms. The predicted octanol–water partition coefficient (Wildman–Crippen LogP) is 0.965. The maximum atomic E-state index is 12.7. The third-order valence-corrected chi connectivity index (χ3v) is 1.07. The molecule has 78 valence electrons. The molecule has 0 saturated heterocycles. The number of alkyl halides is 4. The van der Waals surface area contributed by atoms with Crippen LogP contribution in [0.25, 0.3) is 0 Å². The van der Waals surface area contributed by atoms with Gasteiger partial charge in [0.05, 0.1) is 7.11 Å². The second kappa shape index (κ2) is 3.88. The summed E-state index contributed by atoms with van der Waals surface area (Å²) in [6.07, 6.45) is -5.52. The monoisotopic (exact) mass is 206 g/mol. The highest BCUT2D eigenvalue weighted by molar-refractivity contribution is 5.78. The van der Waals surface area contributed by atoms with E-state index in [-0.39, 0.29) is 0 Å². The number of hydrogen-bond acceptors (Lipinski definition) is 4. The van der Waals surface area contributed by atoms with Crippen LogP contribution in [0.5, 0.6) is 0 Å². The Hall–Kier alpha value is -0.890. The molecule has 0 saturated carbocycles. The van der Waals surface area contributed by atoms with E-state index in [2.05, 4.69) is 14.5 Å². The summed E-state index contributed by atoms with van der Waals surface area (Å²) in [6.45, 7) is 0. The third-order valence-electron chi connectivity index (χ3n) is 1.07. The maximum absolute atomic E-state index is 12.7. The normalized spacial score (nSPS) is 16.5. The fourth-order valence-electron chi connectivity index (χ4n) is 0.444. The number of hydrogen-bond donors (Lipinski definition) is 0. The van der Waals surface area contributed by atoms with E-state index < -0.39 is 18.0 Å². The lowest BCUT2D eigenvalue weighted by Crippen LogP contribution is -2.50. The molecule has 1 unspecified atom stereocenters. The van der Waals surface area contributed by atoms with Crippen LogP contribution in [-0.2, 0) is 19.3 Å². The number of rotatable bonds is 3. The predicted molar refractivity (Wildman–Crippen MR) is 30.0 cm³/mol. The molecule has 0 aliphatic carbocycles. The fraction of sp³-hybridized carbons (Fsp3) is 0.800. The molecule has 0 aromatic heterocycles. The number of halogens is 4. The molecule has 0 heterocycles. The smallest absolute Gasteiger partial charge is 0.333 e. The summed E-state index contributed by atoms with van der Waals surface area (Å²) < 4.78 is 51.5. The van der Waals surface area contributed by atoms with Gasteiger partial charge in [-0.1, -0.05) is 0 Å². The Kier molecular flexibility index (Phi) is 3.61. The molecule has 0 radical (unpaired) electrons. The highest BCUT2D eigenvalue weighted by Gasteiger charge is 2.65. The first-order valence-corrected chi connectivity index (χ1v) is 2.85. The minimum atomic E-state index is -5.52. The lowest BCUT2D eigenvalue weighted by molar-refractivity contribution is -0.344. The largest absolute Gasteiger partial charge is 0.460 e. The van der Waals surface area contributed by atoms with Crippen LogP contribution in [-0.4, -0.2) is 32.2 Å². The minimum absolute atomic E-state index is 0.379. The fourth-order valence-corrected chi connectivity index (χ4v) is 0.444. The van der Waals surface area contributed by atoms with Crippen LogP contribution in [0.4, 0.5) is 17.6 Å². The van der Waals surface area contributed by atoms with Gasteiger partial charge in [0.2, 0.25) is 0 Å². The zero-order chi connectivity index (χ0) is 10.7. The topological polar surface area (TPSA) is 44.8 Å². The number of methoxy groups -OCH3 is 1. The summed E-state index contributed by atoms with van der Waals surface area (Å²) in [5.74, 6) is -6.81. The Balaban J connectivity index is 4.73.